The Morgan fingerprint density at radius 3 is 3.05 bits per heavy atom. The normalized spacial score (nSPS) is 10.4. The van der Waals surface area contributed by atoms with E-state index in [2.05, 4.69) is 15.5 Å². The van der Waals surface area contributed by atoms with Gasteiger partial charge in [0.1, 0.15) is 5.75 Å². The van der Waals surface area contributed by atoms with Crippen molar-refractivity contribution >= 4 is 23.3 Å². The van der Waals surface area contributed by atoms with Gasteiger partial charge in [-0.25, -0.2) is 0 Å². The third-order valence-corrected chi connectivity index (χ3v) is 3.62. The molecule has 7 heteroatoms. The predicted octanol–water partition coefficient (Wildman–Crippen LogP) is 2.99. The molecule has 6 nitrogen and oxygen atoms in total. The molecule has 1 amide bonds. The number of methoxy groups -OCH3 is 1. The van der Waals surface area contributed by atoms with Crippen LogP contribution in [0, 0.1) is 0 Å². The van der Waals surface area contributed by atoms with Gasteiger partial charge >= 0.3 is 6.01 Å². The number of rotatable bonds is 5. The van der Waals surface area contributed by atoms with Gasteiger partial charge in [-0.2, -0.15) is 11.3 Å². The summed E-state index contributed by atoms with van der Waals surface area (Å²) < 4.78 is 10.5. The van der Waals surface area contributed by atoms with E-state index >= 15 is 0 Å². The minimum atomic E-state index is -0.228. The second-order valence-electron chi connectivity index (χ2n) is 4.50. The topological polar surface area (TPSA) is 77.2 Å². The molecule has 1 aromatic carbocycles. The van der Waals surface area contributed by atoms with Crippen LogP contribution in [-0.4, -0.2) is 23.2 Å². The van der Waals surface area contributed by atoms with Gasteiger partial charge in [-0.15, -0.1) is 5.10 Å². The Morgan fingerprint density at radius 2 is 2.27 bits per heavy atom. The van der Waals surface area contributed by atoms with E-state index in [9.17, 15) is 4.79 Å². The molecule has 2 heterocycles. The van der Waals surface area contributed by atoms with E-state index in [1.165, 1.54) is 11.3 Å². The van der Waals surface area contributed by atoms with Crippen molar-refractivity contribution in [2.24, 2.45) is 0 Å². The zero-order valence-corrected chi connectivity index (χ0v) is 12.6. The molecule has 0 saturated carbocycles. The molecule has 0 fully saturated rings. The van der Waals surface area contributed by atoms with E-state index in [-0.39, 0.29) is 18.3 Å². The van der Waals surface area contributed by atoms with Gasteiger partial charge in [0, 0.05) is 10.9 Å². The highest BCUT2D eigenvalue weighted by atomic mass is 32.1. The quantitative estimate of drug-likeness (QED) is 0.783. The molecule has 1 N–H and O–H groups in total. The minimum absolute atomic E-state index is 0.0918. The van der Waals surface area contributed by atoms with Crippen LogP contribution >= 0.6 is 11.3 Å². The highest BCUT2D eigenvalue weighted by molar-refractivity contribution is 7.08. The third-order valence-electron chi connectivity index (χ3n) is 2.94. The van der Waals surface area contributed by atoms with Crippen molar-refractivity contribution in [2.75, 3.05) is 12.4 Å². The summed E-state index contributed by atoms with van der Waals surface area (Å²) in [7, 11) is 1.59. The maximum atomic E-state index is 12.0. The molecule has 0 saturated heterocycles. The first-order valence-electron chi connectivity index (χ1n) is 6.53. The molecule has 0 spiro atoms. The van der Waals surface area contributed by atoms with Crippen molar-refractivity contribution in [3.63, 3.8) is 0 Å². The lowest BCUT2D eigenvalue weighted by molar-refractivity contribution is -0.115. The number of nitrogens with one attached hydrogen (secondary N) is 1. The monoisotopic (exact) mass is 315 g/mol. The zero-order valence-electron chi connectivity index (χ0n) is 11.8. The fraction of sp³-hybridized carbons (Fsp3) is 0.133. The smallest absolute Gasteiger partial charge is 0.322 e. The Morgan fingerprint density at radius 1 is 1.36 bits per heavy atom. The van der Waals surface area contributed by atoms with Crippen LogP contribution in [0.4, 0.5) is 6.01 Å². The number of hydrogen-bond donors (Lipinski definition) is 1. The Hall–Kier alpha value is -2.67. The molecular weight excluding hydrogens is 302 g/mol. The number of amides is 1. The van der Waals surface area contributed by atoms with E-state index in [4.69, 9.17) is 9.15 Å². The molecular formula is C15H13N3O3S. The lowest BCUT2D eigenvalue weighted by Crippen LogP contribution is -2.14. The van der Waals surface area contributed by atoms with Gasteiger partial charge in [-0.1, -0.05) is 17.2 Å². The molecule has 112 valence electrons. The van der Waals surface area contributed by atoms with Crippen LogP contribution in [0.2, 0.25) is 0 Å². The fourth-order valence-electron chi connectivity index (χ4n) is 1.91. The largest absolute Gasteiger partial charge is 0.497 e. The predicted molar refractivity (Wildman–Crippen MR) is 82.9 cm³/mol. The first-order valence-corrected chi connectivity index (χ1v) is 7.48. The molecule has 0 aliphatic rings. The first-order chi connectivity index (χ1) is 10.7. The Kier molecular flexibility index (Phi) is 4.15. The van der Waals surface area contributed by atoms with E-state index in [1.54, 1.807) is 7.11 Å². The van der Waals surface area contributed by atoms with Crippen molar-refractivity contribution in [1.29, 1.82) is 0 Å². The van der Waals surface area contributed by atoms with Crippen molar-refractivity contribution in [3.05, 3.63) is 46.7 Å². The molecule has 3 aromatic rings. The average Bonchev–Trinajstić information content (AvgIpc) is 3.18. The van der Waals surface area contributed by atoms with Crippen LogP contribution in [0.5, 0.6) is 5.75 Å². The van der Waals surface area contributed by atoms with Gasteiger partial charge in [0.05, 0.1) is 13.5 Å². The summed E-state index contributed by atoms with van der Waals surface area (Å²) >= 11 is 1.54. The van der Waals surface area contributed by atoms with Gasteiger partial charge in [-0.3, -0.25) is 10.1 Å². The molecule has 2 aromatic heterocycles. The van der Waals surface area contributed by atoms with Gasteiger partial charge in [0.15, 0.2) is 0 Å². The summed E-state index contributed by atoms with van der Waals surface area (Å²) in [5.74, 6) is 0.870. The number of carbonyl (C=O) groups excluding carboxylic acids is 1. The number of hydrogen-bond acceptors (Lipinski definition) is 6. The third kappa shape index (κ3) is 3.32. The van der Waals surface area contributed by atoms with Crippen LogP contribution in [0.1, 0.15) is 5.56 Å². The summed E-state index contributed by atoms with van der Waals surface area (Å²) in [6.07, 6.45) is 0.202. The maximum Gasteiger partial charge on any atom is 0.322 e. The molecule has 0 unspecified atom stereocenters. The van der Waals surface area contributed by atoms with Crippen molar-refractivity contribution in [3.8, 4) is 17.2 Å². The van der Waals surface area contributed by atoms with E-state index in [1.807, 2.05) is 41.1 Å². The minimum Gasteiger partial charge on any atom is -0.497 e. The van der Waals surface area contributed by atoms with Crippen molar-refractivity contribution in [1.82, 2.24) is 10.2 Å². The zero-order chi connectivity index (χ0) is 15.4. The standard InChI is InChI=1S/C15H13N3O3S/c1-20-12-4-2-3-10(7-12)8-13(19)16-15-18-17-14(21-15)11-5-6-22-9-11/h2-7,9H,8H2,1H3,(H,16,18,19). The highest BCUT2D eigenvalue weighted by Crippen LogP contribution is 2.22. The van der Waals surface area contributed by atoms with E-state index in [0.29, 0.717) is 11.6 Å². The van der Waals surface area contributed by atoms with Crippen LogP contribution in [0.15, 0.2) is 45.5 Å². The summed E-state index contributed by atoms with van der Waals surface area (Å²) in [6.45, 7) is 0. The van der Waals surface area contributed by atoms with Crippen LogP contribution in [0.3, 0.4) is 0 Å². The second-order valence-corrected chi connectivity index (χ2v) is 5.28. The number of anilines is 1. The lowest BCUT2D eigenvalue weighted by Gasteiger charge is -2.03. The summed E-state index contributed by atoms with van der Waals surface area (Å²) in [6, 6.07) is 9.29. The highest BCUT2D eigenvalue weighted by Gasteiger charge is 2.12. The molecule has 0 aliphatic heterocycles. The Bertz CT molecular complexity index is 768. The average molecular weight is 315 g/mol. The molecule has 22 heavy (non-hydrogen) atoms. The number of nitrogens with zero attached hydrogens (tertiary/aromatic N) is 2. The Labute approximate surface area is 130 Å². The summed E-state index contributed by atoms with van der Waals surface area (Å²) in [4.78, 5) is 12.0. The van der Waals surface area contributed by atoms with Gasteiger partial charge < -0.3 is 9.15 Å². The first kappa shape index (κ1) is 14.3. The number of benzene rings is 1. The van der Waals surface area contributed by atoms with Gasteiger partial charge in [-0.05, 0) is 29.1 Å². The molecule has 0 bridgehead atoms. The summed E-state index contributed by atoms with van der Waals surface area (Å²) in [5, 5.41) is 14.1. The van der Waals surface area contributed by atoms with Crippen molar-refractivity contribution < 1.29 is 13.9 Å². The number of aromatic nitrogens is 2. The molecule has 3 rings (SSSR count). The molecule has 0 radical (unpaired) electrons. The van der Waals surface area contributed by atoms with Gasteiger partial charge in [0.2, 0.25) is 5.91 Å². The van der Waals surface area contributed by atoms with Crippen LogP contribution in [0.25, 0.3) is 11.5 Å². The van der Waals surface area contributed by atoms with E-state index in [0.717, 1.165) is 11.1 Å². The molecule has 0 atom stereocenters. The molecule has 0 aliphatic carbocycles. The van der Waals surface area contributed by atoms with E-state index < -0.39 is 0 Å². The summed E-state index contributed by atoms with van der Waals surface area (Å²) in [5.41, 5.74) is 1.68. The number of ether oxygens (including phenoxy) is 1. The van der Waals surface area contributed by atoms with Gasteiger partial charge in [0.25, 0.3) is 5.89 Å². The lowest BCUT2D eigenvalue weighted by atomic mass is 10.1. The number of thiophene rings is 1. The fourth-order valence-corrected chi connectivity index (χ4v) is 2.54. The number of carbonyl (C=O) groups is 1. The van der Waals surface area contributed by atoms with Crippen LogP contribution in [-0.2, 0) is 11.2 Å². The SMILES string of the molecule is COc1cccc(CC(=O)Nc2nnc(-c3ccsc3)o2)c1. The second kappa shape index (κ2) is 6.40. The van der Waals surface area contributed by atoms with Crippen LogP contribution < -0.4 is 10.1 Å². The Balaban J connectivity index is 1.64. The van der Waals surface area contributed by atoms with Crippen molar-refractivity contribution in [2.45, 2.75) is 6.42 Å². The maximum absolute atomic E-state index is 12.0.